The van der Waals surface area contributed by atoms with Gasteiger partial charge in [-0.2, -0.15) is 0 Å². The molecule has 2 fully saturated rings. The van der Waals surface area contributed by atoms with Crippen LogP contribution in [0.1, 0.15) is 32.1 Å². The highest BCUT2D eigenvalue weighted by atomic mass is 32.2. The molecule has 1 saturated heterocycles. The molecule has 2 N–H and O–H groups in total. The van der Waals surface area contributed by atoms with E-state index in [0.717, 1.165) is 37.4 Å². The molecule has 1 saturated carbocycles. The van der Waals surface area contributed by atoms with Crippen molar-refractivity contribution in [1.82, 2.24) is 15.8 Å². The van der Waals surface area contributed by atoms with Crippen LogP contribution in [-0.2, 0) is 19.2 Å². The smallest absolute Gasteiger partial charge is 0.248 e. The second-order valence-corrected chi connectivity index (χ2v) is 7.91. The highest BCUT2D eigenvalue weighted by Crippen LogP contribution is 2.37. The van der Waals surface area contributed by atoms with Gasteiger partial charge in [0.2, 0.25) is 23.6 Å². The first-order chi connectivity index (χ1) is 13.5. The van der Waals surface area contributed by atoms with Gasteiger partial charge in [0, 0.05) is 17.9 Å². The summed E-state index contributed by atoms with van der Waals surface area (Å²) in [5, 5.41) is 0. The number of rotatable bonds is 6. The molecule has 0 radical (unpaired) electrons. The lowest BCUT2D eigenvalue weighted by atomic mass is 9.81. The molecule has 1 aromatic carbocycles. The Morgan fingerprint density at radius 1 is 1.04 bits per heavy atom. The molecule has 3 rings (SSSR count). The minimum atomic E-state index is -0.500. The Labute approximate surface area is 166 Å². The Morgan fingerprint density at radius 2 is 1.64 bits per heavy atom. The molecule has 28 heavy (non-hydrogen) atoms. The summed E-state index contributed by atoms with van der Waals surface area (Å²) in [6, 6.07) is 6.10. The summed E-state index contributed by atoms with van der Waals surface area (Å²) >= 11 is 1.02. The summed E-state index contributed by atoms with van der Waals surface area (Å²) in [6.07, 6.45) is 3.27. The number of hydrogen-bond donors (Lipinski definition) is 2. The largest absolute Gasteiger partial charge is 0.282 e. The number of nitrogens with one attached hydrogen (secondary N) is 2. The number of likely N-dealkylation sites (tertiary alicyclic amines) is 1. The third-order valence-electron chi connectivity index (χ3n) is 5.03. The van der Waals surface area contributed by atoms with E-state index >= 15 is 0 Å². The molecular formula is C19H22FN3O4S. The Balaban J connectivity index is 1.38. The Morgan fingerprint density at radius 3 is 2.29 bits per heavy atom. The maximum Gasteiger partial charge on any atom is 0.248 e. The second kappa shape index (κ2) is 9.18. The van der Waals surface area contributed by atoms with Crippen LogP contribution in [0.25, 0.3) is 0 Å². The van der Waals surface area contributed by atoms with Crippen LogP contribution in [0.5, 0.6) is 0 Å². The molecule has 0 bridgehead atoms. The van der Waals surface area contributed by atoms with Crippen molar-refractivity contribution >= 4 is 35.4 Å². The molecule has 0 unspecified atom stereocenters. The number of benzene rings is 1. The molecule has 1 aliphatic carbocycles. The topological polar surface area (TPSA) is 95.6 Å². The molecule has 1 heterocycles. The van der Waals surface area contributed by atoms with Crippen LogP contribution >= 0.6 is 11.8 Å². The third-order valence-corrected chi connectivity index (χ3v) is 6.08. The van der Waals surface area contributed by atoms with Gasteiger partial charge in [-0.3, -0.25) is 34.9 Å². The lowest BCUT2D eigenvalue weighted by Crippen LogP contribution is -2.44. The normalized spacial score (nSPS) is 21.4. The lowest BCUT2D eigenvalue weighted by molar-refractivity contribution is -0.140. The van der Waals surface area contributed by atoms with Crippen LogP contribution in [0.4, 0.5) is 4.39 Å². The zero-order valence-corrected chi connectivity index (χ0v) is 16.1. The van der Waals surface area contributed by atoms with Gasteiger partial charge in [-0.1, -0.05) is 25.0 Å². The van der Waals surface area contributed by atoms with Gasteiger partial charge in [-0.05, 0) is 25.0 Å². The van der Waals surface area contributed by atoms with Crippen molar-refractivity contribution in [3.63, 3.8) is 0 Å². The SMILES string of the molecule is O=C(CCN1C(=O)[C@H]2CCCC[C@@H]2C1=O)NNC(=O)CSc1ccccc1F. The average Bonchev–Trinajstić information content (AvgIpc) is 2.94. The fourth-order valence-electron chi connectivity index (χ4n) is 3.61. The molecule has 9 heteroatoms. The van der Waals surface area contributed by atoms with Gasteiger partial charge >= 0.3 is 0 Å². The zero-order chi connectivity index (χ0) is 20.1. The predicted octanol–water partition coefficient (Wildman–Crippen LogP) is 1.63. The summed E-state index contributed by atoms with van der Waals surface area (Å²) in [5.41, 5.74) is 4.50. The number of halogens is 1. The fourth-order valence-corrected chi connectivity index (χ4v) is 4.35. The average molecular weight is 407 g/mol. The number of amides is 4. The monoisotopic (exact) mass is 407 g/mol. The molecule has 7 nitrogen and oxygen atoms in total. The van der Waals surface area contributed by atoms with Crippen molar-refractivity contribution in [2.24, 2.45) is 11.8 Å². The van der Waals surface area contributed by atoms with E-state index in [1.807, 2.05) is 0 Å². The van der Waals surface area contributed by atoms with Gasteiger partial charge in [0.25, 0.3) is 0 Å². The molecule has 0 spiro atoms. The Bertz CT molecular complexity index is 764. The number of carbonyl (C=O) groups excluding carboxylic acids is 4. The van der Waals surface area contributed by atoms with Gasteiger partial charge in [0.15, 0.2) is 0 Å². The zero-order valence-electron chi connectivity index (χ0n) is 15.3. The molecule has 2 aliphatic rings. The Kier molecular flexibility index (Phi) is 6.66. The minimum absolute atomic E-state index is 0.0103. The first kappa shape index (κ1) is 20.3. The predicted molar refractivity (Wildman–Crippen MR) is 100 cm³/mol. The highest BCUT2D eigenvalue weighted by molar-refractivity contribution is 8.00. The van der Waals surface area contributed by atoms with Gasteiger partial charge in [-0.25, -0.2) is 4.39 Å². The van der Waals surface area contributed by atoms with E-state index in [2.05, 4.69) is 10.9 Å². The number of hydrogen-bond acceptors (Lipinski definition) is 5. The van der Waals surface area contributed by atoms with Crippen molar-refractivity contribution in [2.45, 2.75) is 37.0 Å². The maximum absolute atomic E-state index is 13.5. The number of fused-ring (bicyclic) bond motifs is 1. The van der Waals surface area contributed by atoms with Crippen molar-refractivity contribution in [2.75, 3.05) is 12.3 Å². The quantitative estimate of drug-likeness (QED) is 0.425. The number of imide groups is 1. The van der Waals surface area contributed by atoms with E-state index in [1.54, 1.807) is 18.2 Å². The van der Waals surface area contributed by atoms with E-state index in [-0.39, 0.29) is 42.4 Å². The lowest BCUT2D eigenvalue weighted by Gasteiger charge is -2.19. The second-order valence-electron chi connectivity index (χ2n) is 6.89. The number of thioether (sulfide) groups is 1. The minimum Gasteiger partial charge on any atom is -0.282 e. The maximum atomic E-state index is 13.5. The molecule has 150 valence electrons. The van der Waals surface area contributed by atoms with Crippen molar-refractivity contribution in [3.05, 3.63) is 30.1 Å². The first-order valence-electron chi connectivity index (χ1n) is 9.27. The van der Waals surface area contributed by atoms with E-state index in [4.69, 9.17) is 0 Å². The fraction of sp³-hybridized carbons (Fsp3) is 0.474. The van der Waals surface area contributed by atoms with E-state index in [9.17, 15) is 23.6 Å². The molecular weight excluding hydrogens is 385 g/mol. The summed E-state index contributed by atoms with van der Waals surface area (Å²) in [4.78, 5) is 49.9. The first-order valence-corrected chi connectivity index (χ1v) is 10.3. The van der Waals surface area contributed by atoms with Gasteiger partial charge < -0.3 is 0 Å². The molecule has 1 aromatic rings. The van der Waals surface area contributed by atoms with E-state index in [0.29, 0.717) is 4.90 Å². The van der Waals surface area contributed by atoms with Crippen LogP contribution in [0.2, 0.25) is 0 Å². The number of hydrazine groups is 1. The van der Waals surface area contributed by atoms with Crippen molar-refractivity contribution in [3.8, 4) is 0 Å². The van der Waals surface area contributed by atoms with Crippen LogP contribution in [-0.4, -0.2) is 40.8 Å². The highest BCUT2D eigenvalue weighted by Gasteiger charge is 2.47. The van der Waals surface area contributed by atoms with E-state index < -0.39 is 17.6 Å². The standard InChI is InChI=1S/C19H22FN3O4S/c20-14-7-3-4-8-15(14)28-11-17(25)22-21-16(24)9-10-23-18(26)12-5-1-2-6-13(12)19(23)27/h3-4,7-8,12-13H,1-2,5-6,9-11H2,(H,21,24)(H,22,25)/t12-,13-/m0/s1. The van der Waals surface area contributed by atoms with Gasteiger partial charge in [0.05, 0.1) is 17.6 Å². The summed E-state index contributed by atoms with van der Waals surface area (Å²) in [5.74, 6) is -2.31. The summed E-state index contributed by atoms with van der Waals surface area (Å²) in [7, 11) is 0. The van der Waals surface area contributed by atoms with Gasteiger partial charge in [0.1, 0.15) is 5.82 Å². The summed E-state index contributed by atoms with van der Waals surface area (Å²) in [6.45, 7) is 0.0103. The molecule has 4 amide bonds. The third kappa shape index (κ3) is 4.70. The van der Waals surface area contributed by atoms with Crippen LogP contribution < -0.4 is 10.9 Å². The molecule has 2 atom stereocenters. The number of carbonyl (C=O) groups is 4. The summed E-state index contributed by atoms with van der Waals surface area (Å²) < 4.78 is 13.5. The van der Waals surface area contributed by atoms with Crippen LogP contribution in [0.15, 0.2) is 29.2 Å². The van der Waals surface area contributed by atoms with Crippen LogP contribution in [0.3, 0.4) is 0 Å². The van der Waals surface area contributed by atoms with Crippen molar-refractivity contribution < 1.29 is 23.6 Å². The Hall–Kier alpha value is -2.42. The van der Waals surface area contributed by atoms with E-state index in [1.165, 1.54) is 11.0 Å². The van der Waals surface area contributed by atoms with Crippen LogP contribution in [0, 0.1) is 17.7 Å². The van der Waals surface area contributed by atoms with Gasteiger partial charge in [-0.15, -0.1) is 11.8 Å². The molecule has 1 aliphatic heterocycles. The van der Waals surface area contributed by atoms with Crippen molar-refractivity contribution in [1.29, 1.82) is 0 Å². The number of nitrogens with zero attached hydrogens (tertiary/aromatic N) is 1. The molecule has 0 aromatic heterocycles.